The number of carbonyl (C=O) groups excluding carboxylic acids is 6. The second-order valence-electron chi connectivity index (χ2n) is 14.6. The Morgan fingerprint density at radius 2 is 0.971 bits per heavy atom. The summed E-state index contributed by atoms with van der Waals surface area (Å²) < 4.78 is 11.7. The van der Waals surface area contributed by atoms with Gasteiger partial charge in [-0.2, -0.15) is 20.5 Å². The maximum absolute atomic E-state index is 13.8. The average molecular weight is 1000 g/mol. The first-order valence-corrected chi connectivity index (χ1v) is 22.9. The van der Waals surface area contributed by atoms with E-state index in [1.54, 1.807) is 38.1 Å². The molecule has 0 radical (unpaired) electrons. The van der Waals surface area contributed by atoms with Gasteiger partial charge in [-0.25, -0.2) is 0 Å². The zero-order valence-corrected chi connectivity index (χ0v) is 40.2. The van der Waals surface area contributed by atoms with Crippen LogP contribution in [0.15, 0.2) is 118 Å². The van der Waals surface area contributed by atoms with Gasteiger partial charge < -0.3 is 30.7 Å². The van der Waals surface area contributed by atoms with Crippen LogP contribution in [-0.4, -0.2) is 72.3 Å². The molecule has 68 heavy (non-hydrogen) atoms. The topological polar surface area (TPSA) is 218 Å². The Morgan fingerprint density at radius 3 is 1.37 bits per heavy atom. The van der Waals surface area contributed by atoms with E-state index in [2.05, 4.69) is 41.7 Å². The van der Waals surface area contributed by atoms with Crippen LogP contribution >= 0.6 is 46.4 Å². The van der Waals surface area contributed by atoms with E-state index in [1.807, 2.05) is 24.3 Å². The van der Waals surface area contributed by atoms with E-state index in [-0.39, 0.29) is 68.6 Å². The minimum absolute atomic E-state index is 0.000415. The summed E-state index contributed by atoms with van der Waals surface area (Å²) in [6, 6.07) is 22.3. The molecule has 354 valence electrons. The normalized spacial score (nSPS) is 12.0. The lowest BCUT2D eigenvalue weighted by Gasteiger charge is -2.19. The lowest BCUT2D eigenvalue weighted by atomic mass is 10.1. The third kappa shape index (κ3) is 14.6. The van der Waals surface area contributed by atoms with Gasteiger partial charge in [0.05, 0.1) is 24.6 Å². The number of hydrogen-bond donors (Lipinski definition) is 4. The van der Waals surface area contributed by atoms with Crippen molar-refractivity contribution in [2.24, 2.45) is 20.5 Å². The molecular weight excluding hydrogens is 958 g/mol. The number of alkyl halides is 2. The van der Waals surface area contributed by atoms with Crippen molar-refractivity contribution in [3.05, 3.63) is 129 Å². The number of anilines is 4. The molecule has 0 aliphatic carbocycles. The zero-order valence-electron chi connectivity index (χ0n) is 37.2. The van der Waals surface area contributed by atoms with Gasteiger partial charge in [0, 0.05) is 62.1 Å². The Bertz CT molecular complexity index is 2730. The third-order valence-electron chi connectivity index (χ3n) is 9.57. The molecule has 0 fully saturated rings. The second kappa shape index (κ2) is 25.4. The van der Waals surface area contributed by atoms with E-state index < -0.39 is 47.3 Å². The highest BCUT2D eigenvalue weighted by Gasteiger charge is 2.28. The van der Waals surface area contributed by atoms with Gasteiger partial charge >= 0.3 is 0 Å². The highest BCUT2D eigenvalue weighted by molar-refractivity contribution is 6.32. The number of rotatable bonds is 22. The number of ketones is 2. The van der Waals surface area contributed by atoms with Crippen LogP contribution in [0.25, 0.3) is 0 Å². The molecule has 20 heteroatoms. The summed E-state index contributed by atoms with van der Waals surface area (Å²) in [5.41, 5.74) is 3.37. The molecule has 2 atom stereocenters. The van der Waals surface area contributed by atoms with Crippen molar-refractivity contribution in [3.8, 4) is 11.5 Å². The van der Waals surface area contributed by atoms with E-state index >= 15 is 0 Å². The monoisotopic (exact) mass is 1000 g/mol. The van der Waals surface area contributed by atoms with Gasteiger partial charge in [-0.15, -0.1) is 23.2 Å². The fraction of sp³-hybridized carbons (Fsp3) is 0.250. The molecule has 5 aromatic carbocycles. The first kappa shape index (κ1) is 52.3. The SMILES string of the molecule is CCOc1cc(NC(=O)C(N=Nc2cc(Cl)cc(C(=O)Nc3ccccc3CCCl)c2)C(C)=O)cc(OCC)c1NC(=O)C(N=Nc1cc(Cl)cc(C(=O)Nc2ccccc2CCCl)c1)C(C)=O. The highest BCUT2D eigenvalue weighted by Crippen LogP contribution is 2.39. The number of nitrogens with one attached hydrogen (secondary N) is 4. The fourth-order valence-corrected chi connectivity index (χ4v) is 7.32. The fourth-order valence-electron chi connectivity index (χ4n) is 6.45. The minimum atomic E-state index is -1.68. The first-order chi connectivity index (χ1) is 32.6. The molecule has 0 aliphatic rings. The first-order valence-electron chi connectivity index (χ1n) is 21.0. The second-order valence-corrected chi connectivity index (χ2v) is 16.3. The minimum Gasteiger partial charge on any atom is -0.491 e. The summed E-state index contributed by atoms with van der Waals surface area (Å²) >= 11 is 24.5. The lowest BCUT2D eigenvalue weighted by Crippen LogP contribution is -2.32. The Balaban J connectivity index is 1.34. The number of carbonyl (C=O) groups is 6. The molecule has 16 nitrogen and oxygen atoms in total. The molecule has 5 rings (SSSR count). The number of hydrogen-bond acceptors (Lipinski definition) is 12. The van der Waals surface area contributed by atoms with Crippen LogP contribution in [0.2, 0.25) is 10.0 Å². The van der Waals surface area contributed by atoms with E-state index in [0.717, 1.165) is 25.0 Å². The van der Waals surface area contributed by atoms with Crippen molar-refractivity contribution in [1.82, 2.24) is 0 Å². The Kier molecular flexibility index (Phi) is 19.5. The Hall–Kier alpha value is -6.72. The number of halogens is 4. The third-order valence-corrected chi connectivity index (χ3v) is 10.4. The van der Waals surface area contributed by atoms with Crippen molar-refractivity contribution in [2.45, 2.75) is 52.6 Å². The lowest BCUT2D eigenvalue weighted by molar-refractivity contribution is -0.127. The van der Waals surface area contributed by atoms with Gasteiger partial charge in [0.25, 0.3) is 23.6 Å². The molecular formula is C48H46Cl4N8O8. The summed E-state index contributed by atoms with van der Waals surface area (Å²) in [7, 11) is 0. The van der Waals surface area contributed by atoms with E-state index in [9.17, 15) is 28.8 Å². The quantitative estimate of drug-likeness (QED) is 0.0296. The van der Waals surface area contributed by atoms with E-state index in [4.69, 9.17) is 55.9 Å². The van der Waals surface area contributed by atoms with Crippen LogP contribution in [0.3, 0.4) is 0 Å². The largest absolute Gasteiger partial charge is 0.491 e. The Morgan fingerprint density at radius 1 is 0.559 bits per heavy atom. The number of aryl methyl sites for hydroxylation is 2. The maximum atomic E-state index is 13.8. The van der Waals surface area contributed by atoms with Crippen LogP contribution in [0.1, 0.15) is 59.5 Å². The molecule has 4 N–H and O–H groups in total. The molecule has 0 bridgehead atoms. The summed E-state index contributed by atoms with van der Waals surface area (Å²) in [5.74, 6) is -3.35. The summed E-state index contributed by atoms with van der Waals surface area (Å²) in [6.45, 7) is 5.85. The van der Waals surface area contributed by atoms with Gasteiger partial charge in [0.15, 0.2) is 11.6 Å². The number of para-hydroxylation sites is 2. The number of amides is 4. The van der Waals surface area contributed by atoms with Gasteiger partial charge in [-0.05, 0) is 100 Å². The molecule has 0 aliphatic heterocycles. The van der Waals surface area contributed by atoms with E-state index in [0.29, 0.717) is 36.0 Å². The molecule has 4 amide bonds. The van der Waals surface area contributed by atoms with Crippen LogP contribution in [-0.2, 0) is 32.0 Å². The highest BCUT2D eigenvalue weighted by atomic mass is 35.5. The predicted molar refractivity (Wildman–Crippen MR) is 265 cm³/mol. The van der Waals surface area contributed by atoms with Crippen LogP contribution in [0, 0.1) is 0 Å². The van der Waals surface area contributed by atoms with Crippen LogP contribution < -0.4 is 30.7 Å². The standard InChI is InChI=1S/C48H46Cl4N8O8/c1-5-67-40-25-35(53-47(65)42(27(3)61)59-57-36-21-31(19-33(51)23-36)45(63)54-38-13-9-7-11-29(38)15-17-49)26-41(68-6-2)44(40)56-48(66)43(28(4)62)60-58-37-22-32(20-34(52)24-37)46(64)55-39-14-10-8-12-30(39)16-18-50/h7-14,19-26,42-43H,5-6,15-18H2,1-4H3,(H,53,65)(H,54,63)(H,55,64)(H,56,66). The van der Waals surface area contributed by atoms with Crippen molar-refractivity contribution in [2.75, 3.05) is 46.2 Å². The molecule has 0 spiro atoms. The van der Waals surface area contributed by atoms with Crippen LogP contribution in [0.4, 0.5) is 34.1 Å². The molecule has 5 aromatic rings. The van der Waals surface area contributed by atoms with Crippen molar-refractivity contribution < 1.29 is 38.2 Å². The molecule has 0 saturated heterocycles. The van der Waals surface area contributed by atoms with Gasteiger partial charge in [0.2, 0.25) is 12.1 Å². The van der Waals surface area contributed by atoms with Crippen molar-refractivity contribution in [1.29, 1.82) is 0 Å². The number of azo groups is 2. The average Bonchev–Trinajstić information content (AvgIpc) is 3.28. The number of benzene rings is 5. The summed E-state index contributed by atoms with van der Waals surface area (Å²) in [6.07, 6.45) is 1.06. The zero-order chi connectivity index (χ0) is 49.3. The summed E-state index contributed by atoms with van der Waals surface area (Å²) in [4.78, 5) is 79.5. The van der Waals surface area contributed by atoms with Gasteiger partial charge in [-0.3, -0.25) is 28.8 Å². The van der Waals surface area contributed by atoms with Gasteiger partial charge in [0.1, 0.15) is 17.2 Å². The van der Waals surface area contributed by atoms with Crippen LogP contribution in [0.5, 0.6) is 11.5 Å². The molecule has 0 saturated carbocycles. The molecule has 0 aromatic heterocycles. The Labute approximate surface area is 412 Å². The predicted octanol–water partition coefficient (Wildman–Crippen LogP) is 11.2. The summed E-state index contributed by atoms with van der Waals surface area (Å²) in [5, 5.41) is 27.5. The van der Waals surface area contributed by atoms with E-state index in [1.165, 1.54) is 48.5 Å². The molecule has 2 unspecified atom stereocenters. The smallest absolute Gasteiger partial charge is 0.259 e. The van der Waals surface area contributed by atoms with Gasteiger partial charge in [-0.1, -0.05) is 59.6 Å². The van der Waals surface area contributed by atoms with Crippen molar-refractivity contribution in [3.63, 3.8) is 0 Å². The number of nitrogens with zero attached hydrogens (tertiary/aromatic N) is 4. The van der Waals surface area contributed by atoms with Crippen molar-refractivity contribution >= 4 is 116 Å². The number of Topliss-reactive ketones (excluding diaryl/α,β-unsaturated/α-hetero) is 2. The maximum Gasteiger partial charge on any atom is 0.259 e. The molecule has 0 heterocycles. The number of ether oxygens (including phenoxy) is 2.